The van der Waals surface area contributed by atoms with Gasteiger partial charge in [-0.15, -0.1) is 5.10 Å². The van der Waals surface area contributed by atoms with Gasteiger partial charge in [-0.1, -0.05) is 6.58 Å². The van der Waals surface area contributed by atoms with Gasteiger partial charge >= 0.3 is 0 Å². The maximum absolute atomic E-state index is 13.7. The Bertz CT molecular complexity index is 1510. The SMILES string of the molecule is C=Cc1cc(-c2ccc3nc(C)n(CC(F)F)c3n2)c2cnc(N)nn12.CC1(F)CCCN(C2(C)COC2)C1.[HH]. The van der Waals surface area contributed by atoms with Gasteiger partial charge in [-0.05, 0) is 64.4 Å². The van der Waals surface area contributed by atoms with Gasteiger partial charge in [0.2, 0.25) is 5.95 Å². The van der Waals surface area contributed by atoms with Crippen LogP contribution in [0.15, 0.2) is 31.0 Å². The molecule has 39 heavy (non-hydrogen) atoms. The van der Waals surface area contributed by atoms with Crippen LogP contribution in [0.1, 0.15) is 39.6 Å². The van der Waals surface area contributed by atoms with Crippen LogP contribution in [0.3, 0.4) is 0 Å². The molecule has 2 N–H and O–H groups in total. The molecule has 2 aliphatic heterocycles. The van der Waals surface area contributed by atoms with Crippen molar-refractivity contribution in [3.63, 3.8) is 0 Å². The number of hydrogen-bond donors (Lipinski definition) is 1. The molecule has 1 unspecified atom stereocenters. The van der Waals surface area contributed by atoms with E-state index in [4.69, 9.17) is 10.5 Å². The summed E-state index contributed by atoms with van der Waals surface area (Å²) in [5.41, 5.74) is 8.55. The number of anilines is 1. The van der Waals surface area contributed by atoms with Gasteiger partial charge in [-0.25, -0.2) is 32.6 Å². The number of likely N-dealkylation sites (tertiary alicyclic amines) is 1. The maximum atomic E-state index is 13.7. The number of hydrogen-bond acceptors (Lipinski definition) is 7. The number of piperidine rings is 1. The molecule has 0 saturated carbocycles. The molecule has 4 aromatic rings. The summed E-state index contributed by atoms with van der Waals surface area (Å²) in [6.07, 6.45) is 2.43. The molecule has 9 nitrogen and oxygen atoms in total. The Hall–Kier alpha value is -3.51. The summed E-state index contributed by atoms with van der Waals surface area (Å²) in [4.78, 5) is 15.2. The Kier molecular flexibility index (Phi) is 7.10. The highest BCUT2D eigenvalue weighted by Crippen LogP contribution is 2.33. The second kappa shape index (κ2) is 10.2. The van der Waals surface area contributed by atoms with Crippen molar-refractivity contribution in [3.05, 3.63) is 42.5 Å². The summed E-state index contributed by atoms with van der Waals surface area (Å²) in [5, 5.41) is 4.18. The number of aryl methyl sites for hydroxylation is 1. The molecular weight excluding hydrogens is 509 g/mol. The van der Waals surface area contributed by atoms with Gasteiger partial charge in [0, 0.05) is 13.5 Å². The molecule has 1 atom stereocenters. The molecule has 0 spiro atoms. The molecule has 4 aromatic heterocycles. The number of ether oxygens (including phenoxy) is 1. The van der Waals surface area contributed by atoms with E-state index in [0.717, 1.165) is 37.4 Å². The summed E-state index contributed by atoms with van der Waals surface area (Å²) in [5.74, 6) is 0.631. The Morgan fingerprint density at radius 2 is 2.03 bits per heavy atom. The predicted octanol–water partition coefficient (Wildman–Crippen LogP) is 4.79. The number of nitrogen functional groups attached to an aromatic ring is 1. The van der Waals surface area contributed by atoms with Crippen LogP contribution >= 0.6 is 0 Å². The Morgan fingerprint density at radius 3 is 2.67 bits per heavy atom. The number of fused-ring (bicyclic) bond motifs is 2. The molecule has 2 saturated heterocycles. The smallest absolute Gasteiger partial charge is 0.256 e. The third-order valence-corrected chi connectivity index (χ3v) is 7.39. The molecule has 210 valence electrons. The van der Waals surface area contributed by atoms with Crippen molar-refractivity contribution in [1.82, 2.24) is 34.0 Å². The molecule has 0 bridgehead atoms. The Labute approximate surface area is 226 Å². The topological polar surface area (TPSA) is 99.4 Å². The lowest BCUT2D eigenvalue weighted by atomic mass is 9.89. The first-order valence-corrected chi connectivity index (χ1v) is 12.9. The summed E-state index contributed by atoms with van der Waals surface area (Å²) in [7, 11) is 0. The van der Waals surface area contributed by atoms with E-state index in [1.165, 1.54) is 4.57 Å². The fourth-order valence-corrected chi connectivity index (χ4v) is 5.23. The largest absolute Gasteiger partial charge is 0.377 e. The van der Waals surface area contributed by atoms with Crippen molar-refractivity contribution >= 4 is 28.7 Å². The predicted molar refractivity (Wildman–Crippen MR) is 146 cm³/mol. The van der Waals surface area contributed by atoms with E-state index in [9.17, 15) is 13.2 Å². The van der Waals surface area contributed by atoms with Gasteiger partial charge in [0.1, 0.15) is 17.0 Å². The first-order valence-electron chi connectivity index (χ1n) is 12.9. The van der Waals surface area contributed by atoms with E-state index in [-0.39, 0.29) is 12.9 Å². The van der Waals surface area contributed by atoms with Crippen molar-refractivity contribution in [2.75, 3.05) is 32.0 Å². The van der Waals surface area contributed by atoms with E-state index in [2.05, 4.69) is 38.5 Å². The first-order chi connectivity index (χ1) is 18.5. The van der Waals surface area contributed by atoms with Crippen molar-refractivity contribution in [1.29, 1.82) is 0 Å². The average Bonchev–Trinajstić information content (AvgIpc) is 3.38. The lowest BCUT2D eigenvalue weighted by molar-refractivity contribution is -0.149. The van der Waals surface area contributed by atoms with E-state index in [1.807, 2.05) is 6.07 Å². The molecule has 0 radical (unpaired) electrons. The highest BCUT2D eigenvalue weighted by Gasteiger charge is 2.44. The van der Waals surface area contributed by atoms with Crippen LogP contribution in [-0.2, 0) is 11.3 Å². The van der Waals surface area contributed by atoms with Crippen LogP contribution < -0.4 is 5.73 Å². The zero-order chi connectivity index (χ0) is 27.9. The first kappa shape index (κ1) is 27.1. The highest BCUT2D eigenvalue weighted by molar-refractivity contribution is 5.84. The van der Waals surface area contributed by atoms with Crippen LogP contribution in [0.4, 0.5) is 19.1 Å². The highest BCUT2D eigenvalue weighted by atomic mass is 19.3. The molecule has 2 aliphatic rings. The van der Waals surface area contributed by atoms with Crippen molar-refractivity contribution in [2.45, 2.75) is 57.8 Å². The number of alkyl halides is 3. The summed E-state index contributed by atoms with van der Waals surface area (Å²) >= 11 is 0. The summed E-state index contributed by atoms with van der Waals surface area (Å²) in [6, 6.07) is 5.41. The second-order valence-corrected chi connectivity index (χ2v) is 10.7. The van der Waals surface area contributed by atoms with E-state index >= 15 is 0 Å². The van der Waals surface area contributed by atoms with Gasteiger partial charge in [0.15, 0.2) is 5.65 Å². The van der Waals surface area contributed by atoms with Crippen molar-refractivity contribution < 1.29 is 19.3 Å². The van der Waals surface area contributed by atoms with Gasteiger partial charge in [0.05, 0.1) is 48.4 Å². The van der Waals surface area contributed by atoms with Crippen LogP contribution in [0.5, 0.6) is 0 Å². The number of nitrogens with two attached hydrogens (primary N) is 1. The number of aromatic nitrogens is 6. The minimum atomic E-state index is -2.49. The zero-order valence-corrected chi connectivity index (χ0v) is 22.4. The normalized spacial score (nSPS) is 21.1. The van der Waals surface area contributed by atoms with Crippen LogP contribution in [-0.4, -0.2) is 78.0 Å². The fourth-order valence-electron chi connectivity index (χ4n) is 5.23. The van der Waals surface area contributed by atoms with Gasteiger partial charge in [-0.3, -0.25) is 4.90 Å². The molecule has 0 aliphatic carbocycles. The monoisotopic (exact) mass is 544 g/mol. The minimum Gasteiger partial charge on any atom is -0.377 e. The van der Waals surface area contributed by atoms with Crippen LogP contribution in [0, 0.1) is 6.92 Å². The molecule has 2 fully saturated rings. The Balaban J connectivity index is 0.000000223. The van der Waals surface area contributed by atoms with E-state index < -0.39 is 18.6 Å². The molecule has 0 aromatic carbocycles. The molecule has 0 amide bonds. The molecular formula is C27H35F3N8O. The molecule has 12 heteroatoms. The van der Waals surface area contributed by atoms with Crippen LogP contribution in [0.2, 0.25) is 0 Å². The van der Waals surface area contributed by atoms with E-state index in [0.29, 0.717) is 41.2 Å². The number of imidazole rings is 1. The fraction of sp³-hybridized carbons (Fsp3) is 0.481. The second-order valence-electron chi connectivity index (χ2n) is 10.7. The molecule has 6 heterocycles. The standard InChI is InChI=1S/C17H15F2N7.C10H18FNO.H2/c1-3-10-6-11(14-7-21-17(20)24-26(10)14)12-4-5-13-16(23-12)25(8-15(18)19)9(2)22-13;1-9(11)4-3-5-12(6-9)10(2)7-13-8-10;/h3-7,15H,1,8H2,2H3,(H2,20,24);3-8H2,1-2H3;1H. The van der Waals surface area contributed by atoms with Gasteiger partial charge in [0.25, 0.3) is 6.43 Å². The zero-order valence-electron chi connectivity index (χ0n) is 22.4. The summed E-state index contributed by atoms with van der Waals surface area (Å²) in [6.45, 7) is 12.0. The average molecular weight is 545 g/mol. The molecule has 6 rings (SSSR count). The Morgan fingerprint density at radius 1 is 1.26 bits per heavy atom. The quantitative estimate of drug-likeness (QED) is 0.386. The van der Waals surface area contributed by atoms with Crippen molar-refractivity contribution in [3.8, 4) is 11.3 Å². The van der Waals surface area contributed by atoms with Gasteiger partial charge < -0.3 is 15.0 Å². The number of pyridine rings is 1. The van der Waals surface area contributed by atoms with Crippen LogP contribution in [0.25, 0.3) is 34.0 Å². The summed E-state index contributed by atoms with van der Waals surface area (Å²) < 4.78 is 47.8. The number of halogens is 3. The van der Waals surface area contributed by atoms with Crippen molar-refractivity contribution in [2.24, 2.45) is 0 Å². The van der Waals surface area contributed by atoms with Gasteiger partial charge in [-0.2, -0.15) is 0 Å². The van der Waals surface area contributed by atoms with E-state index in [1.54, 1.807) is 42.8 Å². The lowest BCUT2D eigenvalue weighted by Crippen LogP contribution is -2.64. The number of rotatable bonds is 5. The third-order valence-electron chi connectivity index (χ3n) is 7.39. The minimum absolute atomic E-state index is 0. The maximum Gasteiger partial charge on any atom is 0.256 e. The number of nitrogens with zero attached hydrogens (tertiary/aromatic N) is 7. The lowest BCUT2D eigenvalue weighted by Gasteiger charge is -2.51. The third kappa shape index (κ3) is 5.35.